The van der Waals surface area contributed by atoms with E-state index in [1.54, 1.807) is 0 Å². The van der Waals surface area contributed by atoms with Gasteiger partial charge in [0.25, 0.3) is 0 Å². The van der Waals surface area contributed by atoms with Gasteiger partial charge in [-0.05, 0) is 52.1 Å². The van der Waals surface area contributed by atoms with E-state index < -0.39 is 0 Å². The Morgan fingerprint density at radius 2 is 0.837 bits per heavy atom. The van der Waals surface area contributed by atoms with E-state index in [0.29, 0.717) is 0 Å². The molecule has 0 aliphatic heterocycles. The number of rotatable bonds is 31. The van der Waals surface area contributed by atoms with Gasteiger partial charge >= 0.3 is 32.7 Å². The van der Waals surface area contributed by atoms with Crippen molar-refractivity contribution in [3.63, 3.8) is 0 Å². The molecule has 0 aromatic heterocycles. The van der Waals surface area contributed by atoms with Gasteiger partial charge in [-0.25, -0.2) is 0 Å². The first-order chi connectivity index (χ1) is 19.6. The van der Waals surface area contributed by atoms with Crippen molar-refractivity contribution in [3.8, 4) is 0 Å². The van der Waals surface area contributed by atoms with E-state index in [0.717, 1.165) is 12.3 Å². The summed E-state index contributed by atoms with van der Waals surface area (Å²) in [5.74, 6) is 0.770. The minimum absolute atomic E-state index is 0. The summed E-state index contributed by atoms with van der Waals surface area (Å²) in [5.41, 5.74) is 1.52. The predicted octanol–water partition coefficient (Wildman–Crippen LogP) is 14.9. The van der Waals surface area contributed by atoms with E-state index in [9.17, 15) is 0 Å². The molecular formula is C41H86NY. The molecule has 0 bridgehead atoms. The van der Waals surface area contributed by atoms with Crippen molar-refractivity contribution in [3.05, 3.63) is 33.4 Å². The minimum atomic E-state index is 0. The molecule has 43 heavy (non-hydrogen) atoms. The molecule has 0 fully saturated rings. The van der Waals surface area contributed by atoms with Crippen LogP contribution in [0.1, 0.15) is 214 Å². The number of hydrogen-bond acceptors (Lipinski definition) is 1. The van der Waals surface area contributed by atoms with Crippen LogP contribution >= 0.6 is 0 Å². The van der Waals surface area contributed by atoms with Crippen LogP contribution in [0, 0.1) is 27.7 Å². The monoisotopic (exact) mass is 682 g/mol. The Kier molecular flexibility index (Phi) is 61.6. The zero-order valence-electron chi connectivity index (χ0n) is 31.7. The summed E-state index contributed by atoms with van der Waals surface area (Å²) >= 11 is 0. The first kappa shape index (κ1) is 53.3. The molecule has 0 aliphatic carbocycles. The first-order valence-corrected chi connectivity index (χ1v) is 18.8. The molecule has 0 aromatic rings. The molecule has 0 spiro atoms. The van der Waals surface area contributed by atoms with Gasteiger partial charge in [0.2, 0.25) is 0 Å². The summed E-state index contributed by atoms with van der Waals surface area (Å²) in [6, 6.07) is 0. The molecule has 0 rings (SSSR count). The molecule has 2 heteroatoms. The van der Waals surface area contributed by atoms with E-state index in [2.05, 4.69) is 52.9 Å². The number of unbranched alkanes of at least 4 members (excludes halogenated alkanes) is 24. The fraction of sp³-hybridized carbons (Fsp3) is 0.878. The van der Waals surface area contributed by atoms with Crippen LogP contribution in [0.15, 0.2) is 11.6 Å². The van der Waals surface area contributed by atoms with Gasteiger partial charge in [0.05, 0.1) is 0 Å². The van der Waals surface area contributed by atoms with Gasteiger partial charge in [-0.3, -0.25) is 0 Å². The number of hydrogen-bond donors (Lipinski definition) is 1. The molecule has 1 atom stereocenters. The van der Waals surface area contributed by atoms with Crippen molar-refractivity contribution in [1.82, 2.24) is 5.32 Å². The van der Waals surface area contributed by atoms with Crippen LogP contribution in [0.5, 0.6) is 0 Å². The van der Waals surface area contributed by atoms with Crippen LogP contribution in [-0.2, 0) is 32.7 Å². The Bertz CT molecular complexity index is 435. The summed E-state index contributed by atoms with van der Waals surface area (Å²) < 4.78 is 0. The maximum absolute atomic E-state index is 3.83. The van der Waals surface area contributed by atoms with Crippen LogP contribution in [-0.4, -0.2) is 13.1 Å². The molecule has 1 nitrogen and oxygen atoms in total. The molecule has 0 heterocycles. The maximum Gasteiger partial charge on any atom is 3.00 e. The Balaban J connectivity index is -0.000000293. The van der Waals surface area contributed by atoms with Crippen molar-refractivity contribution in [2.24, 2.45) is 5.92 Å². The molecule has 0 amide bonds. The van der Waals surface area contributed by atoms with Gasteiger partial charge in [-0.15, -0.1) is 0 Å². The normalized spacial score (nSPS) is 11.5. The Morgan fingerprint density at radius 3 is 1.12 bits per heavy atom. The average Bonchev–Trinajstić information content (AvgIpc) is 2.97. The number of nitrogens with one attached hydrogen (secondary N) is 1. The molecule has 1 unspecified atom stereocenters. The summed E-state index contributed by atoms with van der Waals surface area (Å²) in [6.45, 7) is 17.6. The Hall–Kier alpha value is 0.804. The summed E-state index contributed by atoms with van der Waals surface area (Å²) in [7, 11) is 0. The zero-order valence-corrected chi connectivity index (χ0v) is 34.5. The maximum atomic E-state index is 3.83. The standard InChI is InChI=1S/C28H59N.C11H21.2CH3.Y/c1-3-5-7-9-11-13-15-17-19-21-23-25-27-29-28-26-24-22-20-18-16-14-12-10-8-6-4-2;1-5-7-8-9-11(4)10(3)6-2;;;/h29H,3-28H2,1-2H3;6,11H,1,5,7-9H2,2-4H3;2*1H3;/q;3*-1;+3. The average molecular weight is 682 g/mol. The van der Waals surface area contributed by atoms with Crippen molar-refractivity contribution in [2.45, 2.75) is 214 Å². The third-order valence-corrected chi connectivity index (χ3v) is 8.78. The van der Waals surface area contributed by atoms with E-state index >= 15 is 0 Å². The van der Waals surface area contributed by atoms with Crippen molar-refractivity contribution in [2.75, 3.05) is 13.1 Å². The molecule has 1 N–H and O–H groups in total. The van der Waals surface area contributed by atoms with E-state index in [1.165, 1.54) is 192 Å². The topological polar surface area (TPSA) is 12.0 Å². The van der Waals surface area contributed by atoms with E-state index in [1.807, 2.05) is 0 Å². The fourth-order valence-corrected chi connectivity index (χ4v) is 5.45. The second kappa shape index (κ2) is 49.7. The summed E-state index contributed by atoms with van der Waals surface area (Å²) in [4.78, 5) is 0. The van der Waals surface area contributed by atoms with Gasteiger partial charge in [-0.2, -0.15) is 6.42 Å². The van der Waals surface area contributed by atoms with E-state index in [4.69, 9.17) is 0 Å². The zero-order chi connectivity index (χ0) is 29.8. The quantitative estimate of drug-likeness (QED) is 0.0436. The predicted molar refractivity (Wildman–Crippen MR) is 200 cm³/mol. The van der Waals surface area contributed by atoms with Crippen LogP contribution in [0.2, 0.25) is 0 Å². The smallest absolute Gasteiger partial charge is 0.358 e. The van der Waals surface area contributed by atoms with Crippen molar-refractivity contribution < 1.29 is 32.7 Å². The molecule has 0 radical (unpaired) electrons. The summed E-state index contributed by atoms with van der Waals surface area (Å²) in [6.07, 6.45) is 42.0. The fourth-order valence-electron chi connectivity index (χ4n) is 5.45. The van der Waals surface area contributed by atoms with Gasteiger partial charge in [0, 0.05) is 0 Å². The van der Waals surface area contributed by atoms with Crippen LogP contribution in [0.3, 0.4) is 0 Å². The van der Waals surface area contributed by atoms with Crippen molar-refractivity contribution in [1.29, 1.82) is 0 Å². The Morgan fingerprint density at radius 1 is 0.535 bits per heavy atom. The first-order valence-electron chi connectivity index (χ1n) is 18.8. The SMILES string of the molecule is CCCCCCCCCCCCCCNCCCCCCCCCCCCCC.[CH2-]CCCCC(C)C(C)=CC.[CH3-].[CH3-].[Y+3]. The summed E-state index contributed by atoms with van der Waals surface area (Å²) in [5, 5.41) is 3.66. The van der Waals surface area contributed by atoms with Crippen LogP contribution in [0.4, 0.5) is 0 Å². The second-order valence-electron chi connectivity index (χ2n) is 12.8. The third kappa shape index (κ3) is 49.9. The molecule has 0 saturated carbocycles. The Labute approximate surface area is 303 Å². The van der Waals surface area contributed by atoms with Gasteiger partial charge < -0.3 is 27.1 Å². The number of allylic oxidation sites excluding steroid dienone is 2. The molecule has 258 valence electrons. The minimum Gasteiger partial charge on any atom is -0.358 e. The largest absolute Gasteiger partial charge is 3.00 e. The van der Waals surface area contributed by atoms with E-state index in [-0.39, 0.29) is 47.6 Å². The third-order valence-electron chi connectivity index (χ3n) is 8.78. The van der Waals surface area contributed by atoms with Crippen LogP contribution < -0.4 is 5.32 Å². The van der Waals surface area contributed by atoms with Crippen molar-refractivity contribution >= 4 is 0 Å². The molecule has 0 saturated heterocycles. The molecular weight excluding hydrogens is 595 g/mol. The van der Waals surface area contributed by atoms with Gasteiger partial charge in [-0.1, -0.05) is 187 Å². The van der Waals surface area contributed by atoms with Gasteiger partial charge in [0.15, 0.2) is 0 Å². The van der Waals surface area contributed by atoms with Crippen LogP contribution in [0.25, 0.3) is 0 Å². The molecule has 0 aliphatic rings. The van der Waals surface area contributed by atoms with Gasteiger partial charge in [0.1, 0.15) is 0 Å². The molecule has 0 aromatic carbocycles. The second-order valence-corrected chi connectivity index (χ2v) is 12.8.